The number of aromatic nitrogens is 3. The minimum atomic E-state index is 1.11. The normalized spacial score (nSPS) is 13.8. The lowest BCUT2D eigenvalue weighted by atomic mass is 9.87. The molecule has 0 fully saturated rings. The molecule has 0 unspecified atom stereocenters. The Hall–Kier alpha value is -1.98. The van der Waals surface area contributed by atoms with Crippen molar-refractivity contribution in [3.05, 3.63) is 47.8 Å². The van der Waals surface area contributed by atoms with Crippen LogP contribution in [0.1, 0.15) is 50.2 Å². The molecule has 1 aromatic carbocycles. The molecule has 1 aliphatic carbocycles. The van der Waals surface area contributed by atoms with E-state index >= 15 is 0 Å². The highest BCUT2D eigenvalue weighted by Crippen LogP contribution is 2.43. The maximum atomic E-state index is 5.19. The average molecular weight is 420 g/mol. The number of benzene rings is 1. The summed E-state index contributed by atoms with van der Waals surface area (Å²) < 4.78 is 1.22. The SMILES string of the molecule is CCCCCSc1ncnc2c1sc1nc(-c3ccccc3)c3c(c12)CCCC3. The monoisotopic (exact) mass is 419 g/mol. The van der Waals surface area contributed by atoms with Crippen molar-refractivity contribution in [3.8, 4) is 11.3 Å². The highest BCUT2D eigenvalue weighted by atomic mass is 32.2. The topological polar surface area (TPSA) is 38.7 Å². The molecule has 0 atom stereocenters. The quantitative estimate of drug-likeness (QED) is 0.190. The van der Waals surface area contributed by atoms with Crippen molar-refractivity contribution in [2.24, 2.45) is 0 Å². The second-order valence-electron chi connectivity index (χ2n) is 7.68. The molecule has 3 nitrogen and oxygen atoms in total. The molecule has 3 heterocycles. The van der Waals surface area contributed by atoms with Crippen molar-refractivity contribution in [3.63, 3.8) is 0 Å². The van der Waals surface area contributed by atoms with Gasteiger partial charge in [-0.15, -0.1) is 23.1 Å². The molecule has 4 aromatic rings. The molecule has 0 bridgehead atoms. The van der Waals surface area contributed by atoms with Crippen molar-refractivity contribution >= 4 is 43.5 Å². The van der Waals surface area contributed by atoms with Gasteiger partial charge >= 0.3 is 0 Å². The van der Waals surface area contributed by atoms with E-state index in [4.69, 9.17) is 9.97 Å². The lowest BCUT2D eigenvalue weighted by Gasteiger charge is -2.20. The average Bonchev–Trinajstić information content (AvgIpc) is 3.16. The highest BCUT2D eigenvalue weighted by Gasteiger charge is 2.23. The van der Waals surface area contributed by atoms with Crippen molar-refractivity contribution < 1.29 is 0 Å². The Morgan fingerprint density at radius 3 is 2.66 bits per heavy atom. The van der Waals surface area contributed by atoms with E-state index in [0.29, 0.717) is 0 Å². The van der Waals surface area contributed by atoms with E-state index in [9.17, 15) is 0 Å². The van der Waals surface area contributed by atoms with Crippen molar-refractivity contribution in [2.45, 2.75) is 56.9 Å². The van der Waals surface area contributed by atoms with Gasteiger partial charge in [0.2, 0.25) is 0 Å². The van der Waals surface area contributed by atoms with Crippen molar-refractivity contribution in [2.75, 3.05) is 5.75 Å². The maximum Gasteiger partial charge on any atom is 0.127 e. The van der Waals surface area contributed by atoms with Gasteiger partial charge in [-0.3, -0.25) is 0 Å². The summed E-state index contributed by atoms with van der Waals surface area (Å²) >= 11 is 3.65. The van der Waals surface area contributed by atoms with E-state index in [-0.39, 0.29) is 0 Å². The lowest BCUT2D eigenvalue weighted by Crippen LogP contribution is -2.07. The molecule has 3 aromatic heterocycles. The van der Waals surface area contributed by atoms with Crippen LogP contribution in [0.3, 0.4) is 0 Å². The van der Waals surface area contributed by atoms with Crippen LogP contribution in [0.2, 0.25) is 0 Å². The van der Waals surface area contributed by atoms with Crippen LogP contribution in [0.25, 0.3) is 31.7 Å². The number of thiophene rings is 1. The van der Waals surface area contributed by atoms with Crippen LogP contribution in [-0.4, -0.2) is 20.7 Å². The Balaban J connectivity index is 1.68. The predicted molar refractivity (Wildman–Crippen MR) is 125 cm³/mol. The molecule has 5 heteroatoms. The standard InChI is InChI=1S/C24H25N3S2/c1-2-3-9-14-28-24-22-21(25-15-26-24)19-17-12-7-8-13-18(17)20(27-23(19)29-22)16-10-5-4-6-11-16/h4-6,10-11,15H,2-3,7-9,12-14H2,1H3. The zero-order valence-electron chi connectivity index (χ0n) is 16.8. The molecular weight excluding hydrogens is 394 g/mol. The van der Waals surface area contributed by atoms with E-state index in [1.54, 1.807) is 17.7 Å². The zero-order valence-corrected chi connectivity index (χ0v) is 18.4. The number of pyridine rings is 1. The number of nitrogens with zero attached hydrogens (tertiary/aromatic N) is 3. The molecular formula is C24H25N3S2. The molecule has 0 radical (unpaired) electrons. The molecule has 0 saturated heterocycles. The molecule has 1 aliphatic rings. The Labute approximate surface area is 180 Å². The highest BCUT2D eigenvalue weighted by molar-refractivity contribution is 7.99. The summed E-state index contributed by atoms with van der Waals surface area (Å²) in [7, 11) is 0. The number of unbranched alkanes of at least 4 members (excludes halogenated alkanes) is 2. The maximum absolute atomic E-state index is 5.19. The summed E-state index contributed by atoms with van der Waals surface area (Å²) in [6.45, 7) is 2.25. The molecule has 0 amide bonds. The largest absolute Gasteiger partial charge is 0.236 e. The van der Waals surface area contributed by atoms with Crippen LogP contribution in [0.5, 0.6) is 0 Å². The molecule has 148 valence electrons. The van der Waals surface area contributed by atoms with E-state index in [2.05, 4.69) is 42.2 Å². The van der Waals surface area contributed by atoms with Gasteiger partial charge in [0.05, 0.1) is 15.9 Å². The smallest absolute Gasteiger partial charge is 0.127 e. The summed E-state index contributed by atoms with van der Waals surface area (Å²) in [4.78, 5) is 15.7. The van der Waals surface area contributed by atoms with Gasteiger partial charge in [0.15, 0.2) is 0 Å². The van der Waals surface area contributed by atoms with Gasteiger partial charge < -0.3 is 0 Å². The van der Waals surface area contributed by atoms with Gasteiger partial charge in [0.25, 0.3) is 0 Å². The second-order valence-corrected chi connectivity index (χ2v) is 9.77. The Bertz CT molecular complexity index is 1150. The number of hydrogen-bond acceptors (Lipinski definition) is 5. The third-order valence-electron chi connectivity index (χ3n) is 5.72. The van der Waals surface area contributed by atoms with Crippen LogP contribution in [0.15, 0.2) is 41.7 Å². The fourth-order valence-electron chi connectivity index (χ4n) is 4.30. The number of aryl methyl sites for hydroxylation is 1. The molecule has 0 spiro atoms. The fraction of sp³-hybridized carbons (Fsp3) is 0.375. The van der Waals surface area contributed by atoms with E-state index in [1.165, 1.54) is 64.6 Å². The number of fused-ring (bicyclic) bond motifs is 5. The lowest BCUT2D eigenvalue weighted by molar-refractivity contribution is 0.689. The van der Waals surface area contributed by atoms with Gasteiger partial charge in [-0.05, 0) is 49.0 Å². The molecule has 5 rings (SSSR count). The van der Waals surface area contributed by atoms with Gasteiger partial charge in [0, 0.05) is 10.9 Å². The summed E-state index contributed by atoms with van der Waals surface area (Å²) in [5.41, 5.74) is 6.43. The van der Waals surface area contributed by atoms with Crippen molar-refractivity contribution in [1.82, 2.24) is 15.0 Å². The zero-order chi connectivity index (χ0) is 19.6. The van der Waals surface area contributed by atoms with Gasteiger partial charge in [0.1, 0.15) is 16.2 Å². The minimum absolute atomic E-state index is 1.11. The summed E-state index contributed by atoms with van der Waals surface area (Å²) in [5.74, 6) is 1.12. The first-order chi connectivity index (χ1) is 14.4. The van der Waals surface area contributed by atoms with E-state index in [0.717, 1.165) is 34.0 Å². The van der Waals surface area contributed by atoms with E-state index in [1.807, 2.05) is 11.8 Å². The minimum Gasteiger partial charge on any atom is -0.236 e. The Kier molecular flexibility index (Phi) is 5.51. The van der Waals surface area contributed by atoms with E-state index < -0.39 is 0 Å². The third kappa shape index (κ3) is 3.55. The van der Waals surface area contributed by atoms with Crippen molar-refractivity contribution in [1.29, 1.82) is 0 Å². The van der Waals surface area contributed by atoms with Crippen LogP contribution >= 0.6 is 23.1 Å². The fourth-order valence-corrected chi connectivity index (χ4v) is 6.53. The summed E-state index contributed by atoms with van der Waals surface area (Å²) in [5, 5.41) is 2.41. The van der Waals surface area contributed by atoms with Crippen LogP contribution < -0.4 is 0 Å². The second kappa shape index (κ2) is 8.41. The summed E-state index contributed by atoms with van der Waals surface area (Å²) in [6.07, 6.45) is 10.3. The number of thioether (sulfide) groups is 1. The first-order valence-electron chi connectivity index (χ1n) is 10.6. The van der Waals surface area contributed by atoms with Crippen LogP contribution in [0.4, 0.5) is 0 Å². The number of hydrogen-bond donors (Lipinski definition) is 0. The Morgan fingerprint density at radius 2 is 1.83 bits per heavy atom. The first kappa shape index (κ1) is 19.0. The summed E-state index contributed by atoms with van der Waals surface area (Å²) in [6, 6.07) is 10.7. The van der Waals surface area contributed by atoms with Crippen LogP contribution in [-0.2, 0) is 12.8 Å². The van der Waals surface area contributed by atoms with Crippen LogP contribution in [0, 0.1) is 0 Å². The van der Waals surface area contributed by atoms with Gasteiger partial charge in [-0.2, -0.15) is 0 Å². The third-order valence-corrected chi connectivity index (χ3v) is 8.01. The molecule has 0 N–H and O–H groups in total. The number of rotatable bonds is 6. The molecule has 29 heavy (non-hydrogen) atoms. The first-order valence-corrected chi connectivity index (χ1v) is 12.4. The molecule has 0 saturated carbocycles. The Morgan fingerprint density at radius 1 is 1.00 bits per heavy atom. The predicted octanol–water partition coefficient (Wildman–Crippen LogP) is 7.07. The molecule has 0 aliphatic heterocycles. The van der Waals surface area contributed by atoms with Gasteiger partial charge in [-0.1, -0.05) is 50.1 Å². The van der Waals surface area contributed by atoms with Gasteiger partial charge in [-0.25, -0.2) is 15.0 Å².